The molecule has 6 nitrogen and oxygen atoms in total. The summed E-state index contributed by atoms with van der Waals surface area (Å²) in [5.41, 5.74) is 0.578. The van der Waals surface area contributed by atoms with Crippen molar-refractivity contribution in [2.45, 2.75) is 45.1 Å². The van der Waals surface area contributed by atoms with E-state index < -0.39 is 0 Å². The van der Waals surface area contributed by atoms with E-state index in [4.69, 9.17) is 4.74 Å². The van der Waals surface area contributed by atoms with Gasteiger partial charge in [-0.1, -0.05) is 6.42 Å². The molecule has 0 radical (unpaired) electrons. The number of piperidine rings is 1. The molecule has 0 aromatic carbocycles. The van der Waals surface area contributed by atoms with Crippen molar-refractivity contribution in [1.82, 2.24) is 15.2 Å². The van der Waals surface area contributed by atoms with E-state index in [1.165, 1.54) is 32.9 Å². The highest BCUT2D eigenvalue weighted by Gasteiger charge is 2.17. The van der Waals surface area contributed by atoms with Crippen molar-refractivity contribution < 1.29 is 9.53 Å². The van der Waals surface area contributed by atoms with Crippen LogP contribution in [-0.4, -0.2) is 48.7 Å². The molecule has 0 aliphatic carbocycles. The highest BCUT2D eigenvalue weighted by atomic mass is 16.5. The third-order valence-corrected chi connectivity index (χ3v) is 4.31. The molecule has 6 heteroatoms. The largest absolute Gasteiger partial charge is 0.480 e. The van der Waals surface area contributed by atoms with Gasteiger partial charge in [0.05, 0.1) is 7.11 Å². The first kappa shape index (κ1) is 17.5. The number of ether oxygens (including phenoxy) is 1. The molecule has 1 aromatic heterocycles. The van der Waals surface area contributed by atoms with Gasteiger partial charge in [0, 0.05) is 18.8 Å². The Hall–Kier alpha value is -1.82. The van der Waals surface area contributed by atoms with Gasteiger partial charge in [-0.2, -0.15) is 0 Å². The van der Waals surface area contributed by atoms with E-state index in [0.29, 0.717) is 24.2 Å². The summed E-state index contributed by atoms with van der Waals surface area (Å²) in [5.74, 6) is 0.418. The molecule has 2 amide bonds. The van der Waals surface area contributed by atoms with E-state index in [0.717, 1.165) is 19.4 Å². The molecular weight excluding hydrogens is 292 g/mol. The molecule has 1 fully saturated rings. The molecule has 1 aromatic rings. The molecule has 1 aliphatic rings. The molecule has 2 heterocycles. The topological polar surface area (TPSA) is 66.5 Å². The van der Waals surface area contributed by atoms with Crippen LogP contribution >= 0.6 is 0 Å². The van der Waals surface area contributed by atoms with E-state index in [9.17, 15) is 4.79 Å². The van der Waals surface area contributed by atoms with Gasteiger partial charge in [-0.15, -0.1) is 0 Å². The average Bonchev–Trinajstić information content (AvgIpc) is 2.56. The second-order valence-electron chi connectivity index (χ2n) is 6.03. The van der Waals surface area contributed by atoms with E-state index in [2.05, 4.69) is 27.4 Å². The first-order valence-corrected chi connectivity index (χ1v) is 8.48. The van der Waals surface area contributed by atoms with Crippen LogP contribution in [0.15, 0.2) is 18.3 Å². The third-order valence-electron chi connectivity index (χ3n) is 4.31. The van der Waals surface area contributed by atoms with Gasteiger partial charge < -0.3 is 20.3 Å². The van der Waals surface area contributed by atoms with Crippen LogP contribution in [-0.2, 0) is 0 Å². The van der Waals surface area contributed by atoms with Crippen LogP contribution in [0.3, 0.4) is 0 Å². The molecular formula is C17H28N4O2. The Balaban J connectivity index is 1.61. The second kappa shape index (κ2) is 9.35. The lowest BCUT2D eigenvalue weighted by Crippen LogP contribution is -2.38. The maximum atomic E-state index is 11.9. The lowest BCUT2D eigenvalue weighted by atomic mass is 10.0. The fraction of sp³-hybridized carbons (Fsp3) is 0.647. The van der Waals surface area contributed by atoms with Gasteiger partial charge >= 0.3 is 6.03 Å². The molecule has 1 aliphatic heterocycles. The quantitative estimate of drug-likeness (QED) is 0.758. The monoisotopic (exact) mass is 320 g/mol. The van der Waals surface area contributed by atoms with E-state index in [1.807, 2.05) is 0 Å². The number of methoxy groups -OCH3 is 1. The zero-order valence-electron chi connectivity index (χ0n) is 14.2. The summed E-state index contributed by atoms with van der Waals surface area (Å²) in [5, 5.41) is 5.64. The summed E-state index contributed by atoms with van der Waals surface area (Å²) in [6.07, 6.45) is 7.72. The van der Waals surface area contributed by atoms with E-state index >= 15 is 0 Å². The van der Waals surface area contributed by atoms with Crippen LogP contribution in [0.1, 0.15) is 39.0 Å². The Morgan fingerprint density at radius 2 is 2.30 bits per heavy atom. The Morgan fingerprint density at radius 3 is 3.09 bits per heavy atom. The SMILES string of the molecule is COc1ncccc1NC(=O)NCCCCN1CCCC[C@H]1C. The minimum absolute atomic E-state index is 0.220. The van der Waals surface area contributed by atoms with Crippen LogP contribution in [0, 0.1) is 0 Å². The zero-order chi connectivity index (χ0) is 16.5. The summed E-state index contributed by atoms with van der Waals surface area (Å²) in [6.45, 7) is 5.33. The number of nitrogens with one attached hydrogen (secondary N) is 2. The first-order chi connectivity index (χ1) is 11.2. The summed E-state index contributed by atoms with van der Waals surface area (Å²) < 4.78 is 5.11. The predicted octanol–water partition coefficient (Wildman–Crippen LogP) is 2.87. The van der Waals surface area contributed by atoms with Gasteiger partial charge in [0.1, 0.15) is 5.69 Å². The highest BCUT2D eigenvalue weighted by molar-refractivity contribution is 5.90. The number of amides is 2. The van der Waals surface area contributed by atoms with Crippen molar-refractivity contribution in [3.8, 4) is 5.88 Å². The van der Waals surface area contributed by atoms with Crippen LogP contribution in [0.2, 0.25) is 0 Å². The van der Waals surface area contributed by atoms with Crippen molar-refractivity contribution in [3.05, 3.63) is 18.3 Å². The summed E-state index contributed by atoms with van der Waals surface area (Å²) in [7, 11) is 1.53. The predicted molar refractivity (Wildman–Crippen MR) is 91.9 cm³/mol. The zero-order valence-corrected chi connectivity index (χ0v) is 14.2. The van der Waals surface area contributed by atoms with Gasteiger partial charge in [-0.3, -0.25) is 0 Å². The number of urea groups is 1. The van der Waals surface area contributed by atoms with Gasteiger partial charge in [-0.05, 0) is 57.8 Å². The number of hydrogen-bond acceptors (Lipinski definition) is 4. The van der Waals surface area contributed by atoms with Crippen molar-refractivity contribution in [2.75, 3.05) is 32.1 Å². The maximum absolute atomic E-state index is 11.9. The molecule has 0 bridgehead atoms. The van der Waals surface area contributed by atoms with Gasteiger partial charge in [0.2, 0.25) is 5.88 Å². The standard InChI is InChI=1S/C17H28N4O2/c1-14-8-3-5-12-21(14)13-6-4-10-19-17(22)20-15-9-7-11-18-16(15)23-2/h7,9,11,14H,3-6,8,10,12-13H2,1-2H3,(H2,19,20,22)/t14-/m1/s1. The number of likely N-dealkylation sites (tertiary alicyclic amines) is 1. The van der Waals surface area contributed by atoms with Crippen molar-refractivity contribution >= 4 is 11.7 Å². The molecule has 0 spiro atoms. The molecule has 2 N–H and O–H groups in total. The van der Waals surface area contributed by atoms with Gasteiger partial charge in [0.15, 0.2) is 0 Å². The minimum atomic E-state index is -0.220. The van der Waals surface area contributed by atoms with Crippen molar-refractivity contribution in [1.29, 1.82) is 0 Å². The maximum Gasteiger partial charge on any atom is 0.319 e. The van der Waals surface area contributed by atoms with Gasteiger partial charge in [-0.25, -0.2) is 9.78 Å². The molecule has 128 valence electrons. The van der Waals surface area contributed by atoms with Crippen molar-refractivity contribution in [2.24, 2.45) is 0 Å². The molecule has 2 rings (SSSR count). The molecule has 1 atom stereocenters. The summed E-state index contributed by atoms with van der Waals surface area (Å²) >= 11 is 0. The van der Waals surface area contributed by atoms with Crippen LogP contribution in [0.5, 0.6) is 5.88 Å². The number of pyridine rings is 1. The number of nitrogens with zero attached hydrogens (tertiary/aromatic N) is 2. The number of rotatable bonds is 7. The van der Waals surface area contributed by atoms with Crippen molar-refractivity contribution in [3.63, 3.8) is 0 Å². The highest BCUT2D eigenvalue weighted by Crippen LogP contribution is 2.19. The Labute approximate surface area is 138 Å². The molecule has 1 saturated heterocycles. The first-order valence-electron chi connectivity index (χ1n) is 8.48. The van der Waals surface area contributed by atoms with Crippen LogP contribution < -0.4 is 15.4 Å². The third kappa shape index (κ3) is 5.71. The van der Waals surface area contributed by atoms with E-state index in [1.54, 1.807) is 18.3 Å². The Bertz CT molecular complexity index is 495. The molecule has 0 saturated carbocycles. The summed E-state index contributed by atoms with van der Waals surface area (Å²) in [6, 6.07) is 4.02. The summed E-state index contributed by atoms with van der Waals surface area (Å²) in [4.78, 5) is 18.5. The smallest absolute Gasteiger partial charge is 0.319 e. The lowest BCUT2D eigenvalue weighted by molar-refractivity contribution is 0.158. The average molecular weight is 320 g/mol. The van der Waals surface area contributed by atoms with Gasteiger partial charge in [0.25, 0.3) is 0 Å². The molecule has 0 unspecified atom stereocenters. The number of unbranched alkanes of at least 4 members (excludes halogenated alkanes) is 1. The van der Waals surface area contributed by atoms with Crippen LogP contribution in [0.25, 0.3) is 0 Å². The number of carbonyl (C=O) groups excluding carboxylic acids is 1. The number of hydrogen-bond donors (Lipinski definition) is 2. The second-order valence-corrected chi connectivity index (χ2v) is 6.03. The van der Waals surface area contributed by atoms with E-state index in [-0.39, 0.29) is 6.03 Å². The number of carbonyl (C=O) groups is 1. The fourth-order valence-electron chi connectivity index (χ4n) is 2.95. The molecule has 23 heavy (non-hydrogen) atoms. The Morgan fingerprint density at radius 1 is 1.43 bits per heavy atom. The fourth-order valence-corrected chi connectivity index (χ4v) is 2.95. The number of anilines is 1. The lowest BCUT2D eigenvalue weighted by Gasteiger charge is -2.33. The Kier molecular flexibility index (Phi) is 7.13. The minimum Gasteiger partial charge on any atom is -0.480 e. The number of aromatic nitrogens is 1. The van der Waals surface area contributed by atoms with Crippen LogP contribution in [0.4, 0.5) is 10.5 Å². The normalized spacial score (nSPS) is 18.4.